The standard InChI is InChI=1S/4C25H18O.2U.2V/c1-3-10-21(11-4-1)25(22-12-5-2-6-13-22)18-17-20-16-15-19-9-7-8-14-23(19)24(20)26-25;1-3-10-20(11-4-1)25(21-12-5-2-6-13-21)18-17-23-22-14-8-7-9-19(22)15-16-24(23)26-25;26-25-18-15-21-13-7-8-14-23(21)24(25)17-16-22(19-9-3-1-4-10-19)20-11-5-2-6-12-20;26-25-22(16-15-21-13-7-8-14-24(21)25)17-18-23(19-9-3-1-4-10-19)20-11-5-2-6-12-20;;;;/h4*1-18H;;;;/b;;24-17-;22-17-;;;;. The number of fused-ring (bicyclic) bond motifs is 8. The van der Waals surface area contributed by atoms with Crippen molar-refractivity contribution >= 4 is 74.1 Å². The molecule has 0 bridgehead atoms. The molecular weight excluding hydrogens is 1840 g/mol. The molecule has 8 heteroatoms. The van der Waals surface area contributed by atoms with Crippen LogP contribution < -0.4 is 9.47 Å². The maximum Gasteiger partial charge on any atom is 0.193 e. The Balaban J connectivity index is 0.000000142. The first-order chi connectivity index (χ1) is 51.4. The smallest absolute Gasteiger partial charge is 0.193 e. The maximum atomic E-state index is 12.8. The van der Waals surface area contributed by atoms with Crippen LogP contribution in [0.25, 0.3) is 62.6 Å². The summed E-state index contributed by atoms with van der Waals surface area (Å²) < 4.78 is 13.5. The van der Waals surface area contributed by atoms with Gasteiger partial charge in [0.05, 0.1) is 0 Å². The molecule has 4 aliphatic rings. The van der Waals surface area contributed by atoms with Gasteiger partial charge in [0.1, 0.15) is 11.5 Å². The Morgan fingerprint density at radius 2 is 0.667 bits per heavy atom. The van der Waals surface area contributed by atoms with E-state index in [1.54, 1.807) is 6.08 Å². The van der Waals surface area contributed by atoms with Gasteiger partial charge in [-0.05, 0) is 103 Å². The third-order valence-electron chi connectivity index (χ3n) is 19.2. The van der Waals surface area contributed by atoms with E-state index in [4.69, 9.17) is 9.47 Å². The van der Waals surface area contributed by atoms with Crippen molar-refractivity contribution in [3.8, 4) is 11.5 Å². The van der Waals surface area contributed by atoms with Crippen molar-refractivity contribution in [2.45, 2.75) is 11.2 Å². The van der Waals surface area contributed by atoms with Gasteiger partial charge in [0, 0.05) is 155 Å². The summed E-state index contributed by atoms with van der Waals surface area (Å²) in [5, 5.41) is 4.78. The summed E-state index contributed by atoms with van der Waals surface area (Å²) >= 11 is 0. The van der Waals surface area contributed by atoms with Crippen LogP contribution in [0, 0.1) is 62.2 Å². The van der Waals surface area contributed by atoms with Crippen molar-refractivity contribution in [1.82, 2.24) is 0 Å². The zero-order valence-corrected chi connectivity index (χ0v) is 70.2. The third-order valence-corrected chi connectivity index (χ3v) is 19.2. The summed E-state index contributed by atoms with van der Waals surface area (Å²) in [6, 6.07) is 124. The van der Waals surface area contributed by atoms with Gasteiger partial charge in [0.2, 0.25) is 0 Å². The zero-order valence-electron chi connectivity index (χ0n) is 59.1. The number of hydrogen-bond donors (Lipinski definition) is 0. The summed E-state index contributed by atoms with van der Waals surface area (Å²) in [5.41, 5.74) is 17.5. The van der Waals surface area contributed by atoms with Crippen LogP contribution in [-0.4, -0.2) is 11.6 Å². The van der Waals surface area contributed by atoms with Gasteiger partial charge in [-0.3, -0.25) is 9.59 Å². The summed E-state index contributed by atoms with van der Waals surface area (Å²) in [5.74, 6) is 1.97. The molecule has 0 atom stereocenters. The molecule has 108 heavy (non-hydrogen) atoms. The molecule has 0 N–H and O–H groups in total. The van der Waals surface area contributed by atoms with Crippen LogP contribution in [0.1, 0.15) is 82.7 Å². The first-order valence-electron chi connectivity index (χ1n) is 35.1. The Morgan fingerprint density at radius 3 is 1.17 bits per heavy atom. The van der Waals surface area contributed by atoms with Crippen molar-refractivity contribution < 1.29 is 118 Å². The molecule has 14 aromatic rings. The maximum absolute atomic E-state index is 12.8. The van der Waals surface area contributed by atoms with Crippen molar-refractivity contribution in [2.24, 2.45) is 0 Å². The van der Waals surface area contributed by atoms with Crippen LogP contribution in [0.5, 0.6) is 11.5 Å². The van der Waals surface area contributed by atoms with E-state index < -0.39 is 11.2 Å². The third kappa shape index (κ3) is 17.5. The minimum Gasteiger partial charge on any atom is -0.473 e. The monoisotopic (exact) mass is 1910 g/mol. The topological polar surface area (TPSA) is 52.6 Å². The van der Waals surface area contributed by atoms with Crippen molar-refractivity contribution in [2.75, 3.05) is 0 Å². The molecule has 18 rings (SSSR count). The number of allylic oxidation sites excluding steroid dienone is 8. The predicted molar refractivity (Wildman–Crippen MR) is 431 cm³/mol. The van der Waals surface area contributed by atoms with Crippen molar-refractivity contribution in [1.29, 1.82) is 0 Å². The normalized spacial score (nSPS) is 13.9. The molecule has 2 heterocycles. The van der Waals surface area contributed by atoms with Crippen LogP contribution in [0.2, 0.25) is 0 Å². The molecule has 4 nitrogen and oxygen atoms in total. The number of ether oxygens (including phenoxy) is 2. The fourth-order valence-electron chi connectivity index (χ4n) is 13.9. The van der Waals surface area contributed by atoms with E-state index >= 15 is 0 Å². The fraction of sp³-hybridized carbons (Fsp3) is 0.0200. The Labute approximate surface area is 704 Å². The first kappa shape index (κ1) is 78.8. The Kier molecular flexibility index (Phi) is 27.4. The zero-order chi connectivity index (χ0) is 70.3. The molecule has 514 valence electrons. The van der Waals surface area contributed by atoms with Gasteiger partial charge in [-0.1, -0.05) is 400 Å². The second kappa shape index (κ2) is 37.5. The minimum absolute atomic E-state index is 0. The quantitative estimate of drug-likeness (QED) is 0.128. The van der Waals surface area contributed by atoms with Crippen LogP contribution in [-0.2, 0) is 53.1 Å². The molecule has 2 aliphatic carbocycles. The number of Topliss-reactive ketones (excluding diaryl/α,β-unsaturated/α-hetero) is 1. The summed E-state index contributed by atoms with van der Waals surface area (Å²) in [6.07, 6.45) is 24.1. The van der Waals surface area contributed by atoms with Gasteiger partial charge < -0.3 is 9.47 Å². The van der Waals surface area contributed by atoms with E-state index in [0.29, 0.717) is 5.57 Å². The van der Waals surface area contributed by atoms with E-state index in [1.165, 1.54) is 16.2 Å². The van der Waals surface area contributed by atoms with Gasteiger partial charge in [0.15, 0.2) is 22.8 Å². The van der Waals surface area contributed by atoms with Crippen LogP contribution >= 0.6 is 0 Å². The molecule has 0 saturated carbocycles. The number of carbonyl (C=O) groups excluding carboxylic acids is 2. The number of hydrogen-bond acceptors (Lipinski definition) is 4. The predicted octanol–water partition coefficient (Wildman–Crippen LogP) is 24.1. The molecule has 2 aliphatic heterocycles. The molecular formula is C100H72O4U2V2. The summed E-state index contributed by atoms with van der Waals surface area (Å²) in [4.78, 5) is 25.2. The first-order valence-corrected chi connectivity index (χ1v) is 35.1. The fourth-order valence-corrected chi connectivity index (χ4v) is 13.9. The van der Waals surface area contributed by atoms with Gasteiger partial charge in [-0.2, -0.15) is 0 Å². The van der Waals surface area contributed by atoms with E-state index in [9.17, 15) is 9.59 Å². The Bertz CT molecular complexity index is 5520. The molecule has 0 saturated heterocycles. The molecule has 14 aromatic carbocycles. The second-order valence-corrected chi connectivity index (χ2v) is 25.6. The Morgan fingerprint density at radius 1 is 0.296 bits per heavy atom. The number of carbonyl (C=O) groups is 2. The SMILES string of the molecule is C1=CC(c2ccccc2)(c2ccccc2)Oc2c1ccc1ccccc21.C1=CC(c2ccccc2)(c2ccccc2)Oc2ccc3ccccc3c21.O=C1/C(=C\C=C(c2ccccc2)c2ccccc2)C=Cc2ccccc21.O=C1C=Cc2ccccc2/C1=C/C=C(c1ccccc1)c1ccccc1.[U].[U].[V].[V]. The van der Waals surface area contributed by atoms with Gasteiger partial charge in [0.25, 0.3) is 0 Å². The molecule has 0 unspecified atom stereocenters. The summed E-state index contributed by atoms with van der Waals surface area (Å²) in [6.45, 7) is 0. The largest absolute Gasteiger partial charge is 0.473 e. The number of rotatable bonds is 10. The van der Waals surface area contributed by atoms with E-state index in [1.807, 2.05) is 188 Å². The molecule has 0 amide bonds. The average molecular weight is 1920 g/mol. The van der Waals surface area contributed by atoms with E-state index in [2.05, 4.69) is 243 Å². The minimum atomic E-state index is -0.625. The second-order valence-electron chi connectivity index (χ2n) is 25.6. The average Bonchev–Trinajstić information content (AvgIpc) is 0.746. The molecule has 0 aromatic heterocycles. The van der Waals surface area contributed by atoms with Crippen LogP contribution in [0.3, 0.4) is 0 Å². The number of ketones is 2. The van der Waals surface area contributed by atoms with E-state index in [-0.39, 0.29) is 111 Å². The van der Waals surface area contributed by atoms with Crippen LogP contribution in [0.4, 0.5) is 0 Å². The molecule has 0 fully saturated rings. The molecule has 0 spiro atoms. The van der Waals surface area contributed by atoms with E-state index in [0.717, 1.165) is 111 Å². The van der Waals surface area contributed by atoms with Crippen LogP contribution in [0.15, 0.2) is 418 Å². The summed E-state index contributed by atoms with van der Waals surface area (Å²) in [7, 11) is 0. The van der Waals surface area contributed by atoms with Crippen molar-refractivity contribution in [3.63, 3.8) is 0 Å². The Hall–Kier alpha value is -10.3. The van der Waals surface area contributed by atoms with Gasteiger partial charge in [-0.25, -0.2) is 0 Å². The molecule has 2 radical (unpaired) electrons. The van der Waals surface area contributed by atoms with Crippen molar-refractivity contribution in [3.05, 3.63) is 496 Å². The number of benzene rings is 14. The van der Waals surface area contributed by atoms with Gasteiger partial charge in [-0.15, -0.1) is 0 Å². The van der Waals surface area contributed by atoms with Gasteiger partial charge >= 0.3 is 0 Å².